The Bertz CT molecular complexity index is 1540. The molecule has 12 heteroatoms. The van der Waals surface area contributed by atoms with E-state index in [1.807, 2.05) is 0 Å². The van der Waals surface area contributed by atoms with Gasteiger partial charge in [-0.05, 0) is 59.7 Å². The Morgan fingerprint density at radius 2 is 0.750 bits per heavy atom. The Morgan fingerprint density at radius 1 is 0.450 bits per heavy atom. The number of halogens is 2. The van der Waals surface area contributed by atoms with E-state index >= 15 is 0 Å². The molecule has 40 heavy (non-hydrogen) atoms. The van der Waals surface area contributed by atoms with Crippen molar-refractivity contribution >= 4 is 23.9 Å². The van der Waals surface area contributed by atoms with E-state index in [2.05, 4.69) is 0 Å². The van der Waals surface area contributed by atoms with Crippen LogP contribution in [0.2, 0.25) is 0 Å². The van der Waals surface area contributed by atoms with Gasteiger partial charge >= 0.3 is 23.9 Å². The van der Waals surface area contributed by atoms with Crippen LogP contribution < -0.4 is 9.47 Å². The molecule has 4 rings (SSSR count). The maximum atomic E-state index is 13.9. The summed E-state index contributed by atoms with van der Waals surface area (Å²) >= 11 is 0. The van der Waals surface area contributed by atoms with Gasteiger partial charge in [-0.2, -0.15) is 0 Å². The molecule has 0 spiro atoms. The maximum Gasteiger partial charge on any atom is 0.340 e. The highest BCUT2D eigenvalue weighted by Gasteiger charge is 2.27. The quantitative estimate of drug-likeness (QED) is 0.194. The summed E-state index contributed by atoms with van der Waals surface area (Å²) in [6, 6.07) is 15.9. The van der Waals surface area contributed by atoms with Crippen molar-refractivity contribution in [1.29, 1.82) is 0 Å². The molecule has 0 aromatic heterocycles. The molecule has 0 unspecified atom stereocenters. The molecule has 0 aliphatic heterocycles. The largest absolute Gasteiger partial charge is 0.478 e. The number of carbonyl (C=O) groups is 4. The first kappa shape index (κ1) is 27.3. The topological polar surface area (TPSA) is 168 Å². The second-order valence-corrected chi connectivity index (χ2v) is 8.06. The first-order valence-corrected chi connectivity index (χ1v) is 11.1. The number of carboxylic acid groups (broad SMARTS) is 4. The van der Waals surface area contributed by atoms with E-state index in [0.717, 1.165) is 24.3 Å². The number of carboxylic acids is 4. The number of benzene rings is 4. The number of hydrogen-bond donors (Lipinski definition) is 4. The molecule has 0 radical (unpaired) electrons. The summed E-state index contributed by atoms with van der Waals surface area (Å²) in [7, 11) is 0. The van der Waals surface area contributed by atoms with Gasteiger partial charge in [0.15, 0.2) is 0 Å². The van der Waals surface area contributed by atoms with Crippen LogP contribution in [0.25, 0.3) is 11.1 Å². The Hall–Kier alpha value is -5.78. The normalized spacial score (nSPS) is 10.6. The summed E-state index contributed by atoms with van der Waals surface area (Å²) < 4.78 is 38.9. The maximum absolute atomic E-state index is 13.9. The van der Waals surface area contributed by atoms with Gasteiger partial charge in [-0.15, -0.1) is 0 Å². The molecule has 4 N–H and O–H groups in total. The first-order chi connectivity index (χ1) is 19.0. The van der Waals surface area contributed by atoms with Crippen LogP contribution in [0, 0.1) is 11.6 Å². The van der Waals surface area contributed by atoms with E-state index < -0.39 is 57.8 Å². The Labute approximate surface area is 222 Å². The summed E-state index contributed by atoms with van der Waals surface area (Å²) in [6.07, 6.45) is 0. The van der Waals surface area contributed by atoms with Crippen molar-refractivity contribution in [2.75, 3.05) is 0 Å². The molecule has 0 heterocycles. The summed E-state index contributed by atoms with van der Waals surface area (Å²) in [6.45, 7) is 0. The van der Waals surface area contributed by atoms with Crippen LogP contribution in [-0.2, 0) is 0 Å². The number of aromatic carboxylic acids is 4. The molecule has 0 aliphatic carbocycles. The van der Waals surface area contributed by atoms with Gasteiger partial charge in [-0.25, -0.2) is 28.0 Å². The first-order valence-electron chi connectivity index (χ1n) is 11.1. The molecule has 10 nitrogen and oxygen atoms in total. The highest BCUT2D eigenvalue weighted by atomic mass is 19.1. The van der Waals surface area contributed by atoms with E-state index in [1.54, 1.807) is 24.3 Å². The van der Waals surface area contributed by atoms with Gasteiger partial charge in [0.25, 0.3) is 0 Å². The van der Waals surface area contributed by atoms with Crippen molar-refractivity contribution in [2.45, 2.75) is 0 Å². The van der Waals surface area contributed by atoms with Gasteiger partial charge in [0.2, 0.25) is 0 Å². The fourth-order valence-corrected chi connectivity index (χ4v) is 3.81. The van der Waals surface area contributed by atoms with E-state index in [9.17, 15) is 48.4 Å². The molecule has 4 aromatic carbocycles. The molecule has 202 valence electrons. The van der Waals surface area contributed by atoms with E-state index in [4.69, 9.17) is 9.47 Å². The van der Waals surface area contributed by atoms with E-state index in [0.29, 0.717) is 11.1 Å². The van der Waals surface area contributed by atoms with Crippen molar-refractivity contribution in [2.24, 2.45) is 0 Å². The van der Waals surface area contributed by atoms with Crippen molar-refractivity contribution in [3.63, 3.8) is 0 Å². The SMILES string of the molecule is O=C(O)c1c(F)ccc(Oc2ccc(-c3ccc(Oc4ccc(F)c(C(=O)O)c4C(=O)O)cc3)cc2)c1C(=O)O. The average molecular weight is 550 g/mol. The lowest BCUT2D eigenvalue weighted by Crippen LogP contribution is -2.12. The molecule has 0 saturated heterocycles. The third-order valence-electron chi connectivity index (χ3n) is 5.59. The third kappa shape index (κ3) is 5.41. The minimum atomic E-state index is -1.76. The fraction of sp³-hybridized carbons (Fsp3) is 0. The highest BCUT2D eigenvalue weighted by molar-refractivity contribution is 6.04. The Balaban J connectivity index is 1.56. The van der Waals surface area contributed by atoms with E-state index in [1.165, 1.54) is 24.3 Å². The zero-order chi connectivity index (χ0) is 29.1. The van der Waals surface area contributed by atoms with Crippen LogP contribution in [0.5, 0.6) is 23.0 Å². The molecular weight excluding hydrogens is 534 g/mol. The number of ether oxygens (including phenoxy) is 2. The fourth-order valence-electron chi connectivity index (χ4n) is 3.81. The Morgan fingerprint density at radius 3 is 1.02 bits per heavy atom. The van der Waals surface area contributed by atoms with Gasteiger partial charge in [-0.1, -0.05) is 24.3 Å². The molecule has 0 aliphatic rings. The third-order valence-corrected chi connectivity index (χ3v) is 5.59. The van der Waals surface area contributed by atoms with Gasteiger partial charge in [0.05, 0.1) is 0 Å². The van der Waals surface area contributed by atoms with Crippen LogP contribution in [0.4, 0.5) is 8.78 Å². The summed E-state index contributed by atoms with van der Waals surface area (Å²) in [4.78, 5) is 45.9. The lowest BCUT2D eigenvalue weighted by atomic mass is 10.0. The zero-order valence-electron chi connectivity index (χ0n) is 19.9. The predicted molar refractivity (Wildman–Crippen MR) is 133 cm³/mol. The van der Waals surface area contributed by atoms with Crippen LogP contribution in [0.1, 0.15) is 41.4 Å². The van der Waals surface area contributed by atoms with Crippen molar-refractivity contribution in [3.8, 4) is 34.1 Å². The zero-order valence-corrected chi connectivity index (χ0v) is 19.9. The van der Waals surface area contributed by atoms with Crippen molar-refractivity contribution in [3.05, 3.63) is 107 Å². The van der Waals surface area contributed by atoms with Crippen LogP contribution in [0.15, 0.2) is 72.8 Å². The van der Waals surface area contributed by atoms with Gasteiger partial charge in [0.1, 0.15) is 56.9 Å². The predicted octanol–water partition coefficient (Wildman–Crippen LogP) is 6.01. The van der Waals surface area contributed by atoms with Crippen LogP contribution >= 0.6 is 0 Å². The molecular formula is C28H16F2O10. The summed E-state index contributed by atoms with van der Waals surface area (Å²) in [5, 5.41) is 37.2. The minimum absolute atomic E-state index is 0.140. The van der Waals surface area contributed by atoms with Gasteiger partial charge in [-0.3, -0.25) is 0 Å². The minimum Gasteiger partial charge on any atom is -0.478 e. The lowest BCUT2D eigenvalue weighted by Gasteiger charge is -2.13. The van der Waals surface area contributed by atoms with Gasteiger partial charge in [0, 0.05) is 0 Å². The second kappa shape index (κ2) is 10.9. The van der Waals surface area contributed by atoms with E-state index in [-0.39, 0.29) is 23.0 Å². The lowest BCUT2D eigenvalue weighted by molar-refractivity contribution is 0.0644. The Kier molecular flexibility index (Phi) is 7.44. The molecule has 0 amide bonds. The molecule has 0 bridgehead atoms. The summed E-state index contributed by atoms with van der Waals surface area (Å²) in [5.74, 6) is -9.78. The van der Waals surface area contributed by atoms with Crippen molar-refractivity contribution < 1.29 is 57.9 Å². The van der Waals surface area contributed by atoms with Gasteiger partial charge < -0.3 is 29.9 Å². The molecule has 0 fully saturated rings. The smallest absolute Gasteiger partial charge is 0.340 e. The standard InChI is InChI=1S/C28H16F2O10/c29-17-9-11-19(23(27(35)36)21(17)25(31)32)39-15-5-1-13(2-6-15)14-3-7-16(8-4-14)40-20-12-10-18(30)22(26(33)34)24(20)28(37)38/h1-12H,(H,31,32)(H,33,34)(H,35,36)(H,37,38). The van der Waals surface area contributed by atoms with Crippen molar-refractivity contribution in [1.82, 2.24) is 0 Å². The molecule has 4 aromatic rings. The highest BCUT2D eigenvalue weighted by Crippen LogP contribution is 2.33. The van der Waals surface area contributed by atoms with Crippen LogP contribution in [-0.4, -0.2) is 44.3 Å². The number of rotatable bonds is 9. The monoisotopic (exact) mass is 550 g/mol. The summed E-state index contributed by atoms with van der Waals surface area (Å²) in [5.41, 5.74) is -2.42. The molecule has 0 atom stereocenters. The number of hydrogen-bond acceptors (Lipinski definition) is 6. The average Bonchev–Trinajstić information content (AvgIpc) is 2.90. The van der Waals surface area contributed by atoms with Crippen LogP contribution in [0.3, 0.4) is 0 Å². The second-order valence-electron chi connectivity index (χ2n) is 8.06. The molecule has 0 saturated carbocycles.